The Hall–Kier alpha value is -3.42. The molecular formula is C42H50Si. The van der Waals surface area contributed by atoms with E-state index in [1.54, 1.807) is 10.4 Å². The Morgan fingerprint density at radius 2 is 0.651 bits per heavy atom. The first kappa shape index (κ1) is 31.0. The van der Waals surface area contributed by atoms with E-state index in [0.717, 1.165) is 0 Å². The van der Waals surface area contributed by atoms with Crippen LogP contribution in [0.2, 0.25) is 13.1 Å². The Morgan fingerprint density at radius 3 is 0.907 bits per heavy atom. The van der Waals surface area contributed by atoms with Gasteiger partial charge in [-0.2, -0.15) is 0 Å². The van der Waals surface area contributed by atoms with Crippen LogP contribution in [-0.4, -0.2) is 8.07 Å². The van der Waals surface area contributed by atoms with Crippen LogP contribution in [0.4, 0.5) is 0 Å². The maximum atomic E-state index is 2.60. The largest absolute Gasteiger partial charge is 0.115 e. The highest BCUT2D eigenvalue weighted by Gasteiger charge is 2.45. The lowest BCUT2D eigenvalue weighted by Gasteiger charge is -2.28. The van der Waals surface area contributed by atoms with Crippen LogP contribution < -0.4 is 0 Å². The van der Waals surface area contributed by atoms with Crippen molar-refractivity contribution in [1.82, 2.24) is 0 Å². The van der Waals surface area contributed by atoms with Gasteiger partial charge in [-0.25, -0.2) is 0 Å². The molecule has 1 heteroatoms. The summed E-state index contributed by atoms with van der Waals surface area (Å²) in [5, 5.41) is 3.15. The topological polar surface area (TPSA) is 0 Å². The van der Waals surface area contributed by atoms with E-state index in [0.29, 0.717) is 23.7 Å². The van der Waals surface area contributed by atoms with E-state index in [1.165, 1.54) is 55.7 Å². The molecule has 0 radical (unpaired) electrons. The van der Waals surface area contributed by atoms with Crippen LogP contribution in [-0.2, 0) is 0 Å². The summed E-state index contributed by atoms with van der Waals surface area (Å²) < 4.78 is 0. The van der Waals surface area contributed by atoms with Crippen molar-refractivity contribution in [2.75, 3.05) is 0 Å². The Labute approximate surface area is 262 Å². The summed E-state index contributed by atoms with van der Waals surface area (Å²) in [4.78, 5) is 0. The molecule has 0 unspecified atom stereocenters. The van der Waals surface area contributed by atoms with Crippen molar-refractivity contribution in [3.8, 4) is 0 Å². The minimum absolute atomic E-state index is 0.412. The van der Waals surface area contributed by atoms with Gasteiger partial charge in [-0.15, -0.1) is 0 Å². The fourth-order valence-electron chi connectivity index (χ4n) is 7.40. The molecule has 222 valence electrons. The van der Waals surface area contributed by atoms with Crippen molar-refractivity contribution < 1.29 is 0 Å². The van der Waals surface area contributed by atoms with E-state index in [4.69, 9.17) is 0 Å². The zero-order valence-electron chi connectivity index (χ0n) is 28.0. The highest BCUT2D eigenvalue weighted by Crippen LogP contribution is 2.59. The molecule has 5 rings (SSSR count). The lowest BCUT2D eigenvalue weighted by molar-refractivity contribution is 0.824. The summed E-state index contributed by atoms with van der Waals surface area (Å²) in [5.41, 5.74) is 14.5. The molecule has 1 heterocycles. The second-order valence-electron chi connectivity index (χ2n) is 14.1. The summed E-state index contributed by atoms with van der Waals surface area (Å²) in [5.74, 6) is 1.65. The molecule has 0 nitrogen and oxygen atoms in total. The van der Waals surface area contributed by atoms with Gasteiger partial charge in [0.05, 0.1) is 0 Å². The normalized spacial score (nSPS) is 15.1. The molecular weight excluding hydrogens is 533 g/mol. The summed E-state index contributed by atoms with van der Waals surface area (Å²) in [6.45, 7) is 24.1. The first-order valence-electron chi connectivity index (χ1n) is 16.3. The average molecular weight is 583 g/mol. The molecule has 0 bridgehead atoms. The van der Waals surface area contributed by atoms with Crippen LogP contribution in [0.5, 0.6) is 0 Å². The van der Waals surface area contributed by atoms with E-state index in [9.17, 15) is 0 Å². The molecule has 4 aromatic carbocycles. The smallest absolute Gasteiger partial charge is 0.0622 e. The zero-order chi connectivity index (χ0) is 31.1. The van der Waals surface area contributed by atoms with Crippen molar-refractivity contribution in [3.63, 3.8) is 0 Å². The highest BCUT2D eigenvalue weighted by molar-refractivity contribution is 7.13. The molecule has 0 saturated carbocycles. The summed E-state index contributed by atoms with van der Waals surface area (Å²) in [6.07, 6.45) is 0. The number of hydrogen-bond donors (Lipinski definition) is 0. The standard InChI is InChI=1S/C42H50Si/c1-27(2)33-23-17-24-34(28(3)4)37(33)39-40(38-35(29(5)6)25-18-26-36(38)30(7)8)42(32-21-15-12-16-22-32)43(9,10)41(39)31-19-13-11-14-20-31/h11-30H,1-10H3. The van der Waals surface area contributed by atoms with Crippen molar-refractivity contribution >= 4 is 29.6 Å². The number of rotatable bonds is 8. The van der Waals surface area contributed by atoms with E-state index >= 15 is 0 Å². The molecule has 43 heavy (non-hydrogen) atoms. The van der Waals surface area contributed by atoms with E-state index in [-0.39, 0.29) is 0 Å². The molecule has 0 N–H and O–H groups in total. The molecule has 1 aliphatic rings. The monoisotopic (exact) mass is 582 g/mol. The third kappa shape index (κ3) is 5.53. The number of benzene rings is 4. The predicted octanol–water partition coefficient (Wildman–Crippen LogP) is 12.5. The van der Waals surface area contributed by atoms with Gasteiger partial charge in [0, 0.05) is 0 Å². The van der Waals surface area contributed by atoms with E-state index < -0.39 is 8.07 Å². The Morgan fingerprint density at radius 1 is 0.372 bits per heavy atom. The molecule has 0 atom stereocenters. The van der Waals surface area contributed by atoms with Gasteiger partial charge in [0.2, 0.25) is 0 Å². The first-order chi connectivity index (χ1) is 20.5. The SMILES string of the molecule is CC(C)c1cccc(C(C)C)c1C1=C(c2ccccc2)[Si](C)(C)C(c2ccccc2)=C1c1c(C(C)C)cccc1C(C)C. The maximum absolute atomic E-state index is 2.60. The van der Waals surface area contributed by atoms with Gasteiger partial charge < -0.3 is 0 Å². The maximum Gasteiger partial charge on any atom is 0.115 e. The third-order valence-corrected chi connectivity index (χ3v) is 12.9. The van der Waals surface area contributed by atoms with Gasteiger partial charge >= 0.3 is 0 Å². The van der Waals surface area contributed by atoms with Crippen LogP contribution in [0.3, 0.4) is 0 Å². The lowest BCUT2D eigenvalue weighted by Crippen LogP contribution is -2.28. The van der Waals surface area contributed by atoms with Crippen molar-refractivity contribution in [1.29, 1.82) is 0 Å². The first-order valence-corrected chi connectivity index (χ1v) is 19.3. The second kappa shape index (κ2) is 12.3. The van der Waals surface area contributed by atoms with Crippen LogP contribution in [0.25, 0.3) is 21.5 Å². The second-order valence-corrected chi connectivity index (χ2v) is 18.3. The number of allylic oxidation sites excluding steroid dienone is 2. The quantitative estimate of drug-likeness (QED) is 0.181. The van der Waals surface area contributed by atoms with Crippen molar-refractivity contribution in [2.45, 2.75) is 92.2 Å². The summed E-state index contributed by atoms with van der Waals surface area (Å²) >= 11 is 0. The molecule has 0 fully saturated rings. The predicted molar refractivity (Wildman–Crippen MR) is 193 cm³/mol. The molecule has 0 aromatic heterocycles. The zero-order valence-corrected chi connectivity index (χ0v) is 29.0. The van der Waals surface area contributed by atoms with Gasteiger partial charge in [-0.3, -0.25) is 0 Å². The van der Waals surface area contributed by atoms with Crippen LogP contribution >= 0.6 is 0 Å². The molecule has 1 aliphatic heterocycles. The Balaban J connectivity index is 2.11. The van der Waals surface area contributed by atoms with Gasteiger partial charge in [-0.05, 0) is 89.7 Å². The van der Waals surface area contributed by atoms with Crippen LogP contribution in [0.15, 0.2) is 97.1 Å². The molecule has 0 saturated heterocycles. The number of hydrogen-bond acceptors (Lipinski definition) is 0. The van der Waals surface area contributed by atoms with Crippen molar-refractivity contribution in [3.05, 3.63) is 142 Å². The summed E-state index contributed by atoms with van der Waals surface area (Å²) in [6, 6.07) is 36.8. The van der Waals surface area contributed by atoms with Crippen molar-refractivity contribution in [2.24, 2.45) is 0 Å². The fourth-order valence-corrected chi connectivity index (χ4v) is 11.2. The van der Waals surface area contributed by atoms with Crippen LogP contribution in [0, 0.1) is 0 Å². The Kier molecular flexibility index (Phi) is 8.86. The van der Waals surface area contributed by atoms with E-state index in [1.807, 2.05) is 0 Å². The van der Waals surface area contributed by atoms with Gasteiger partial charge in [0.15, 0.2) is 0 Å². The van der Waals surface area contributed by atoms with Crippen LogP contribution in [0.1, 0.15) is 124 Å². The minimum Gasteiger partial charge on any atom is -0.0622 e. The minimum atomic E-state index is -2.24. The molecule has 4 aromatic rings. The lowest BCUT2D eigenvalue weighted by atomic mass is 9.76. The van der Waals surface area contributed by atoms with E-state index in [2.05, 4.69) is 166 Å². The third-order valence-electron chi connectivity index (χ3n) is 9.37. The fraction of sp³-hybridized carbons (Fsp3) is 0.333. The summed E-state index contributed by atoms with van der Waals surface area (Å²) in [7, 11) is -2.24. The molecule has 0 amide bonds. The average Bonchev–Trinajstić information content (AvgIpc) is 3.23. The molecule has 0 aliphatic carbocycles. The van der Waals surface area contributed by atoms with Gasteiger partial charge in [0.1, 0.15) is 8.07 Å². The highest BCUT2D eigenvalue weighted by atomic mass is 28.3. The van der Waals surface area contributed by atoms with Gasteiger partial charge in [-0.1, -0.05) is 166 Å². The van der Waals surface area contributed by atoms with Gasteiger partial charge in [0.25, 0.3) is 0 Å². The Bertz CT molecular complexity index is 1480. The molecule has 0 spiro atoms.